The minimum Gasteiger partial charge on any atom is -0.493 e. The van der Waals surface area contributed by atoms with Gasteiger partial charge in [0.25, 0.3) is 0 Å². The van der Waals surface area contributed by atoms with Gasteiger partial charge in [-0.3, -0.25) is 14.9 Å². The fourth-order valence-electron chi connectivity index (χ4n) is 2.40. The molecule has 1 aliphatic rings. The molecule has 0 aliphatic carbocycles. The summed E-state index contributed by atoms with van der Waals surface area (Å²) in [4.78, 5) is 22.1. The van der Waals surface area contributed by atoms with E-state index in [1.807, 2.05) is 6.07 Å². The van der Waals surface area contributed by atoms with Crippen molar-refractivity contribution in [2.75, 3.05) is 6.61 Å². The second-order valence-electron chi connectivity index (χ2n) is 5.06. The summed E-state index contributed by atoms with van der Waals surface area (Å²) in [5.74, 6) is -1.02. The molecule has 7 heteroatoms. The van der Waals surface area contributed by atoms with E-state index in [-0.39, 0.29) is 6.42 Å². The lowest BCUT2D eigenvalue weighted by molar-refractivity contribution is -0.385. The Morgan fingerprint density at radius 1 is 1.30 bits per heavy atom. The highest BCUT2D eigenvalue weighted by molar-refractivity contribution is 5.76. The third-order valence-corrected chi connectivity index (χ3v) is 3.44. The zero-order valence-electron chi connectivity index (χ0n) is 12.0. The van der Waals surface area contributed by atoms with Crippen LogP contribution in [0.25, 0.3) is 0 Å². The van der Waals surface area contributed by atoms with E-state index >= 15 is 0 Å². The fraction of sp³-hybridized carbons (Fsp3) is 0.188. The summed E-state index contributed by atoms with van der Waals surface area (Å²) in [6.45, 7) is 0.610. The SMILES string of the molecule is O=C(Cc1ccc2c(c1)CCO2)Oc1cc(F)ccc1[N+](=O)[O-]. The van der Waals surface area contributed by atoms with Crippen molar-refractivity contribution >= 4 is 11.7 Å². The van der Waals surface area contributed by atoms with Crippen molar-refractivity contribution in [2.24, 2.45) is 0 Å². The van der Waals surface area contributed by atoms with E-state index in [4.69, 9.17) is 9.47 Å². The van der Waals surface area contributed by atoms with Gasteiger partial charge in [0.15, 0.2) is 0 Å². The number of hydrogen-bond donors (Lipinski definition) is 0. The number of rotatable bonds is 4. The van der Waals surface area contributed by atoms with Gasteiger partial charge in [0.05, 0.1) is 18.0 Å². The van der Waals surface area contributed by atoms with Gasteiger partial charge < -0.3 is 9.47 Å². The minimum atomic E-state index is -0.727. The quantitative estimate of drug-likeness (QED) is 0.375. The predicted octanol–water partition coefficient (Wildman–Crippen LogP) is 2.82. The summed E-state index contributed by atoms with van der Waals surface area (Å²) in [5.41, 5.74) is 1.26. The Labute approximate surface area is 130 Å². The van der Waals surface area contributed by atoms with E-state index in [0.29, 0.717) is 12.2 Å². The third kappa shape index (κ3) is 3.28. The first kappa shape index (κ1) is 15.0. The van der Waals surface area contributed by atoms with Crippen LogP contribution in [0.5, 0.6) is 11.5 Å². The molecule has 0 aromatic heterocycles. The maximum atomic E-state index is 13.2. The minimum absolute atomic E-state index is 0.0685. The Balaban J connectivity index is 1.75. The lowest BCUT2D eigenvalue weighted by Crippen LogP contribution is -2.12. The maximum absolute atomic E-state index is 13.2. The van der Waals surface area contributed by atoms with Crippen molar-refractivity contribution < 1.29 is 23.6 Å². The van der Waals surface area contributed by atoms with Gasteiger partial charge in [-0.2, -0.15) is 0 Å². The van der Waals surface area contributed by atoms with E-state index in [9.17, 15) is 19.3 Å². The van der Waals surface area contributed by atoms with Crippen LogP contribution in [0.1, 0.15) is 11.1 Å². The summed E-state index contributed by atoms with van der Waals surface area (Å²) in [5, 5.41) is 10.9. The van der Waals surface area contributed by atoms with E-state index in [1.165, 1.54) is 0 Å². The number of esters is 1. The zero-order chi connectivity index (χ0) is 16.4. The van der Waals surface area contributed by atoms with Crippen LogP contribution in [0.2, 0.25) is 0 Å². The molecule has 1 heterocycles. The number of fused-ring (bicyclic) bond motifs is 1. The summed E-state index contributed by atoms with van der Waals surface area (Å²) >= 11 is 0. The molecule has 0 bridgehead atoms. The molecule has 2 aromatic carbocycles. The maximum Gasteiger partial charge on any atom is 0.315 e. The summed E-state index contributed by atoms with van der Waals surface area (Å²) in [6, 6.07) is 8.07. The van der Waals surface area contributed by atoms with Gasteiger partial charge in [-0.25, -0.2) is 4.39 Å². The second kappa shape index (κ2) is 6.04. The monoisotopic (exact) mass is 317 g/mol. The molecule has 0 saturated carbocycles. The molecule has 0 spiro atoms. The lowest BCUT2D eigenvalue weighted by Gasteiger charge is -2.06. The Morgan fingerprint density at radius 2 is 2.13 bits per heavy atom. The second-order valence-corrected chi connectivity index (χ2v) is 5.06. The van der Waals surface area contributed by atoms with Crippen LogP contribution in [-0.4, -0.2) is 17.5 Å². The molecule has 3 rings (SSSR count). The number of benzene rings is 2. The topological polar surface area (TPSA) is 78.7 Å². The van der Waals surface area contributed by atoms with Crippen LogP contribution < -0.4 is 9.47 Å². The van der Waals surface area contributed by atoms with Crippen LogP contribution in [0.3, 0.4) is 0 Å². The molecule has 0 atom stereocenters. The smallest absolute Gasteiger partial charge is 0.315 e. The molecule has 0 amide bonds. The molecule has 0 radical (unpaired) electrons. The van der Waals surface area contributed by atoms with Gasteiger partial charge in [-0.15, -0.1) is 0 Å². The molecular weight excluding hydrogens is 305 g/mol. The molecule has 118 valence electrons. The van der Waals surface area contributed by atoms with Crippen LogP contribution in [0.4, 0.5) is 10.1 Å². The molecule has 0 saturated heterocycles. The highest BCUT2D eigenvalue weighted by Crippen LogP contribution is 2.29. The van der Waals surface area contributed by atoms with Crippen molar-refractivity contribution in [3.63, 3.8) is 0 Å². The first-order chi connectivity index (χ1) is 11.0. The lowest BCUT2D eigenvalue weighted by atomic mass is 10.1. The van der Waals surface area contributed by atoms with Crippen molar-refractivity contribution in [3.8, 4) is 11.5 Å². The number of nitrogens with zero attached hydrogens (tertiary/aromatic N) is 1. The normalized spacial score (nSPS) is 12.4. The first-order valence-corrected chi connectivity index (χ1v) is 6.92. The van der Waals surface area contributed by atoms with E-state index < -0.39 is 28.1 Å². The molecule has 6 nitrogen and oxygen atoms in total. The van der Waals surface area contributed by atoms with Crippen molar-refractivity contribution in [2.45, 2.75) is 12.8 Å². The molecule has 23 heavy (non-hydrogen) atoms. The van der Waals surface area contributed by atoms with Gasteiger partial charge in [0.2, 0.25) is 5.75 Å². The van der Waals surface area contributed by atoms with Crippen molar-refractivity contribution in [1.29, 1.82) is 0 Å². The molecule has 0 unspecified atom stereocenters. The molecule has 0 N–H and O–H groups in total. The molecule has 2 aromatic rings. The predicted molar refractivity (Wildman–Crippen MR) is 78.0 cm³/mol. The molecular formula is C16H12FNO5. The number of halogens is 1. The highest BCUT2D eigenvalue weighted by Gasteiger charge is 2.20. The van der Waals surface area contributed by atoms with E-state index in [1.54, 1.807) is 12.1 Å². The number of ether oxygens (including phenoxy) is 2. The Morgan fingerprint density at radius 3 is 2.91 bits per heavy atom. The Hall–Kier alpha value is -2.96. The summed E-state index contributed by atoms with van der Waals surface area (Å²) < 4.78 is 23.5. The van der Waals surface area contributed by atoms with Crippen LogP contribution in [-0.2, 0) is 17.6 Å². The first-order valence-electron chi connectivity index (χ1n) is 6.92. The number of carbonyl (C=O) groups excluding carboxylic acids is 1. The van der Waals surface area contributed by atoms with Gasteiger partial charge in [0.1, 0.15) is 11.6 Å². The zero-order valence-corrected chi connectivity index (χ0v) is 12.0. The average Bonchev–Trinajstić information content (AvgIpc) is 2.94. The summed E-state index contributed by atoms with van der Waals surface area (Å²) in [7, 11) is 0. The van der Waals surface area contributed by atoms with E-state index in [2.05, 4.69) is 0 Å². The number of nitro groups is 1. The van der Waals surface area contributed by atoms with E-state index in [0.717, 1.165) is 35.9 Å². The standard InChI is InChI=1S/C16H12FNO5/c17-12-2-3-13(18(20)21)15(9-12)23-16(19)8-10-1-4-14-11(7-10)5-6-22-14/h1-4,7,9H,5-6,8H2. The third-order valence-electron chi connectivity index (χ3n) is 3.44. The van der Waals surface area contributed by atoms with Crippen LogP contribution >= 0.6 is 0 Å². The Bertz CT molecular complexity index is 790. The average molecular weight is 317 g/mol. The van der Waals surface area contributed by atoms with Gasteiger partial charge in [-0.1, -0.05) is 12.1 Å². The van der Waals surface area contributed by atoms with Gasteiger partial charge in [0, 0.05) is 18.6 Å². The largest absolute Gasteiger partial charge is 0.493 e. The highest BCUT2D eigenvalue weighted by atomic mass is 19.1. The number of hydrogen-bond acceptors (Lipinski definition) is 5. The number of nitro benzene ring substituents is 1. The molecule has 0 fully saturated rings. The van der Waals surface area contributed by atoms with Crippen LogP contribution in [0, 0.1) is 15.9 Å². The van der Waals surface area contributed by atoms with Crippen LogP contribution in [0.15, 0.2) is 36.4 Å². The molecule has 1 aliphatic heterocycles. The van der Waals surface area contributed by atoms with Gasteiger partial charge in [-0.05, 0) is 23.3 Å². The fourth-order valence-corrected chi connectivity index (χ4v) is 2.40. The van der Waals surface area contributed by atoms with Gasteiger partial charge >= 0.3 is 11.7 Å². The van der Waals surface area contributed by atoms with Crippen molar-refractivity contribution in [3.05, 3.63) is 63.5 Å². The number of carbonyl (C=O) groups is 1. The summed E-state index contributed by atoms with van der Waals surface area (Å²) in [6.07, 6.45) is 0.703. The van der Waals surface area contributed by atoms with Crippen molar-refractivity contribution in [1.82, 2.24) is 0 Å². The Kier molecular flexibility index (Phi) is 3.92.